The Morgan fingerprint density at radius 3 is 1.36 bits per heavy atom. The van der Waals surface area contributed by atoms with Crippen molar-refractivity contribution in [2.24, 2.45) is 0 Å². The summed E-state index contributed by atoms with van der Waals surface area (Å²) in [6.45, 7) is 0. The summed E-state index contributed by atoms with van der Waals surface area (Å²) >= 11 is 0. The molecule has 0 saturated heterocycles. The van der Waals surface area contributed by atoms with Crippen LogP contribution in [0.4, 0.5) is 11.4 Å². The van der Waals surface area contributed by atoms with E-state index in [2.05, 4.69) is 240 Å². The Morgan fingerprint density at radius 2 is 0.788 bits per heavy atom. The smallest absolute Gasteiger partial charge is 0.0618 e. The standard InChI is InChI=1S/C64H46N2/c1-3-19-43(20-4-1)44-35-37-45(38-36-44)61-51-25-7-9-27-53(51)62(54-28-10-8-26-52(54)61)63-55-29-11-13-31-57(55)64(58-32-14-12-30-56(58)63)65(46-21-5-2-6-22-46)47-39-41-48(42-40-47)66-59-33-17-15-23-49(59)50-24-16-18-34-60(50)66/h1,3-5,7,9,11-42H,2,6,8,10H2. The van der Waals surface area contributed by atoms with Gasteiger partial charge in [-0.15, -0.1) is 0 Å². The van der Waals surface area contributed by atoms with Crippen LogP contribution in [0.5, 0.6) is 0 Å². The van der Waals surface area contributed by atoms with Gasteiger partial charge in [0.2, 0.25) is 0 Å². The van der Waals surface area contributed by atoms with Crippen LogP contribution in [-0.4, -0.2) is 4.57 Å². The fourth-order valence-electron chi connectivity index (χ4n) is 11.1. The van der Waals surface area contributed by atoms with Gasteiger partial charge < -0.3 is 9.47 Å². The minimum Gasteiger partial charge on any atom is -0.310 e. The monoisotopic (exact) mass is 842 g/mol. The molecule has 0 amide bonds. The first-order valence-electron chi connectivity index (χ1n) is 23.4. The van der Waals surface area contributed by atoms with E-state index in [1.807, 2.05) is 0 Å². The van der Waals surface area contributed by atoms with Crippen LogP contribution in [0.2, 0.25) is 0 Å². The summed E-state index contributed by atoms with van der Waals surface area (Å²) in [6, 6.07) is 74.1. The molecule has 1 heterocycles. The first kappa shape index (κ1) is 38.3. The van der Waals surface area contributed by atoms with Crippen molar-refractivity contribution < 1.29 is 0 Å². The van der Waals surface area contributed by atoms with Gasteiger partial charge in [-0.2, -0.15) is 0 Å². The number of fused-ring (bicyclic) bond motifs is 7. The summed E-state index contributed by atoms with van der Waals surface area (Å²) in [4.78, 5) is 2.52. The fourth-order valence-corrected chi connectivity index (χ4v) is 11.1. The van der Waals surface area contributed by atoms with Crippen LogP contribution in [0, 0.1) is 0 Å². The van der Waals surface area contributed by atoms with Crippen LogP contribution in [0.25, 0.3) is 105 Å². The number of allylic oxidation sites excluding steroid dienone is 3. The number of rotatable bonds is 7. The van der Waals surface area contributed by atoms with E-state index in [1.165, 1.54) is 109 Å². The molecule has 10 aromatic carbocycles. The van der Waals surface area contributed by atoms with Gasteiger partial charge in [-0.25, -0.2) is 0 Å². The second-order valence-electron chi connectivity index (χ2n) is 17.7. The summed E-state index contributed by atoms with van der Waals surface area (Å²) in [5.41, 5.74) is 14.8. The van der Waals surface area contributed by atoms with Gasteiger partial charge in [0.15, 0.2) is 0 Å². The minimum atomic E-state index is 1.00. The maximum atomic E-state index is 2.52. The summed E-state index contributed by atoms with van der Waals surface area (Å²) in [5, 5.41) is 12.7. The molecule has 13 rings (SSSR count). The zero-order chi connectivity index (χ0) is 43.6. The molecule has 0 N–H and O–H groups in total. The molecular formula is C64H46N2. The highest BCUT2D eigenvalue weighted by molar-refractivity contribution is 6.25. The van der Waals surface area contributed by atoms with E-state index < -0.39 is 0 Å². The molecular weight excluding hydrogens is 797 g/mol. The molecule has 0 fully saturated rings. The Kier molecular flexibility index (Phi) is 9.16. The SMILES string of the molecule is C1=CC(N(c2ccc(-n3c4ccccc4c4ccccc43)cc2)c2c3ccccc3c(-c3c4c(c(-c5ccc(-c6ccccc6)cc5)c5ccccc35)=CCCC=4)c3ccccc23)=CCC1. The van der Waals surface area contributed by atoms with Gasteiger partial charge >= 0.3 is 0 Å². The Balaban J connectivity index is 1.04. The van der Waals surface area contributed by atoms with Gasteiger partial charge in [-0.3, -0.25) is 0 Å². The largest absolute Gasteiger partial charge is 0.310 e. The van der Waals surface area contributed by atoms with E-state index in [1.54, 1.807) is 0 Å². The highest BCUT2D eigenvalue weighted by Gasteiger charge is 2.26. The third kappa shape index (κ3) is 6.10. The molecule has 2 heteroatoms. The van der Waals surface area contributed by atoms with E-state index in [0.29, 0.717) is 0 Å². The lowest BCUT2D eigenvalue weighted by Crippen LogP contribution is -2.31. The van der Waals surface area contributed by atoms with Crippen molar-refractivity contribution >= 4 is 77.7 Å². The lowest BCUT2D eigenvalue weighted by atomic mass is 9.82. The predicted molar refractivity (Wildman–Crippen MR) is 282 cm³/mol. The Bertz CT molecular complexity index is 3800. The maximum absolute atomic E-state index is 2.52. The van der Waals surface area contributed by atoms with Crippen LogP contribution in [0.3, 0.4) is 0 Å². The highest BCUT2D eigenvalue weighted by Crippen LogP contribution is 2.48. The number of hydrogen-bond acceptors (Lipinski definition) is 1. The lowest BCUT2D eigenvalue weighted by Gasteiger charge is -2.31. The van der Waals surface area contributed by atoms with Crippen molar-refractivity contribution in [1.29, 1.82) is 0 Å². The van der Waals surface area contributed by atoms with Crippen molar-refractivity contribution in [3.05, 3.63) is 235 Å². The predicted octanol–water partition coefficient (Wildman–Crippen LogP) is 16.0. The molecule has 0 atom stereocenters. The Labute approximate surface area is 384 Å². The topological polar surface area (TPSA) is 8.17 Å². The van der Waals surface area contributed by atoms with Crippen LogP contribution < -0.4 is 15.3 Å². The molecule has 0 saturated carbocycles. The van der Waals surface area contributed by atoms with E-state index in [9.17, 15) is 0 Å². The number of para-hydroxylation sites is 2. The van der Waals surface area contributed by atoms with Crippen molar-refractivity contribution in [2.45, 2.75) is 25.7 Å². The van der Waals surface area contributed by atoms with Gasteiger partial charge in [0, 0.05) is 38.6 Å². The minimum absolute atomic E-state index is 1.00. The first-order valence-corrected chi connectivity index (χ1v) is 23.4. The Hall–Kier alpha value is -8.20. The van der Waals surface area contributed by atoms with Gasteiger partial charge in [-0.1, -0.05) is 188 Å². The Morgan fingerprint density at radius 1 is 0.333 bits per heavy atom. The van der Waals surface area contributed by atoms with E-state index in [4.69, 9.17) is 0 Å². The molecule has 0 unspecified atom stereocenters. The zero-order valence-electron chi connectivity index (χ0n) is 36.7. The molecule has 2 aliphatic carbocycles. The van der Waals surface area contributed by atoms with Gasteiger partial charge in [0.25, 0.3) is 0 Å². The summed E-state index contributed by atoms with van der Waals surface area (Å²) in [6.07, 6.45) is 16.2. The quantitative estimate of drug-likeness (QED) is 0.145. The second-order valence-corrected chi connectivity index (χ2v) is 17.7. The number of nitrogens with zero attached hydrogens (tertiary/aromatic N) is 2. The van der Waals surface area contributed by atoms with E-state index in [-0.39, 0.29) is 0 Å². The van der Waals surface area contributed by atoms with E-state index in [0.717, 1.165) is 37.1 Å². The molecule has 66 heavy (non-hydrogen) atoms. The summed E-state index contributed by atoms with van der Waals surface area (Å²) in [5.74, 6) is 0. The van der Waals surface area contributed by atoms with Crippen LogP contribution >= 0.6 is 0 Å². The molecule has 0 radical (unpaired) electrons. The van der Waals surface area contributed by atoms with Crippen LogP contribution in [0.15, 0.2) is 224 Å². The third-order valence-corrected chi connectivity index (χ3v) is 14.0. The zero-order valence-corrected chi connectivity index (χ0v) is 36.7. The number of aromatic nitrogens is 1. The third-order valence-electron chi connectivity index (χ3n) is 14.0. The van der Waals surface area contributed by atoms with Gasteiger partial charge in [0.05, 0.1) is 16.7 Å². The second kappa shape index (κ2) is 15.8. The summed E-state index contributed by atoms with van der Waals surface area (Å²) in [7, 11) is 0. The van der Waals surface area contributed by atoms with Crippen molar-refractivity contribution in [3.63, 3.8) is 0 Å². The van der Waals surface area contributed by atoms with E-state index >= 15 is 0 Å². The lowest BCUT2D eigenvalue weighted by molar-refractivity contribution is 0.999. The molecule has 2 nitrogen and oxygen atoms in total. The fraction of sp³-hybridized carbons (Fsp3) is 0.0625. The van der Waals surface area contributed by atoms with Crippen molar-refractivity contribution in [1.82, 2.24) is 4.57 Å². The van der Waals surface area contributed by atoms with Crippen LogP contribution in [-0.2, 0) is 0 Å². The molecule has 312 valence electrons. The molecule has 11 aromatic rings. The average Bonchev–Trinajstić information content (AvgIpc) is 3.73. The molecule has 0 aliphatic heterocycles. The number of benzene rings is 10. The van der Waals surface area contributed by atoms with Gasteiger partial charge in [-0.05, 0) is 134 Å². The van der Waals surface area contributed by atoms with Crippen molar-refractivity contribution in [2.75, 3.05) is 4.90 Å². The normalized spacial score (nSPS) is 13.5. The maximum Gasteiger partial charge on any atom is 0.0618 e. The molecule has 0 bridgehead atoms. The average molecular weight is 843 g/mol. The van der Waals surface area contributed by atoms with Crippen molar-refractivity contribution in [3.8, 4) is 39.1 Å². The molecule has 0 spiro atoms. The molecule has 2 aliphatic rings. The number of anilines is 2. The first-order chi connectivity index (χ1) is 32.8. The number of hydrogen-bond donors (Lipinski definition) is 0. The van der Waals surface area contributed by atoms with Crippen LogP contribution in [0.1, 0.15) is 25.7 Å². The molecule has 1 aromatic heterocycles. The summed E-state index contributed by atoms with van der Waals surface area (Å²) < 4.78 is 2.41. The highest BCUT2D eigenvalue weighted by atomic mass is 15.2. The van der Waals surface area contributed by atoms with Gasteiger partial charge in [0.1, 0.15) is 0 Å².